The van der Waals surface area contributed by atoms with Crippen molar-refractivity contribution in [1.82, 2.24) is 4.31 Å². The summed E-state index contributed by atoms with van der Waals surface area (Å²) in [7, 11) is -3.70. The Kier molecular flexibility index (Phi) is 7.05. The molecule has 7 heteroatoms. The van der Waals surface area contributed by atoms with Crippen molar-refractivity contribution in [2.24, 2.45) is 5.92 Å². The Hall–Kier alpha value is -3.16. The van der Waals surface area contributed by atoms with E-state index in [1.54, 1.807) is 12.1 Å². The third-order valence-corrected chi connectivity index (χ3v) is 8.24. The van der Waals surface area contributed by atoms with Gasteiger partial charge in [-0.05, 0) is 69.0 Å². The van der Waals surface area contributed by atoms with Crippen molar-refractivity contribution >= 4 is 21.6 Å². The van der Waals surface area contributed by atoms with Crippen molar-refractivity contribution in [1.29, 1.82) is 0 Å². The third kappa shape index (κ3) is 5.16. The molecular weight excluding hydrogens is 448 g/mol. The van der Waals surface area contributed by atoms with Crippen LogP contribution in [-0.4, -0.2) is 31.7 Å². The van der Waals surface area contributed by atoms with Gasteiger partial charge in [-0.15, -0.1) is 0 Å². The number of anilines is 1. The number of carbonyl (C=O) groups excluding carboxylic acids is 1. The van der Waals surface area contributed by atoms with Crippen LogP contribution in [0.1, 0.15) is 29.5 Å². The zero-order valence-corrected chi connectivity index (χ0v) is 20.6. The highest BCUT2D eigenvalue weighted by molar-refractivity contribution is 7.89. The second-order valence-corrected chi connectivity index (χ2v) is 10.7. The maximum Gasteiger partial charge on any atom is 0.243 e. The summed E-state index contributed by atoms with van der Waals surface area (Å²) in [6.07, 6.45) is 1.26. The standard InChI is InChI=1S/C27H30N2O4S/c1-19-16-20(2)26(21(3)17-19)34(31,32)29-15-9-10-22(18-29)27(30)28-24-13-7-8-14-25(24)33-23-11-5-4-6-12-23/h4-8,11-14,16-17,22H,9-10,15,18H2,1-3H3,(H,28,30)/t22-/m0/s1. The molecule has 1 heterocycles. The molecule has 1 N–H and O–H groups in total. The van der Waals surface area contributed by atoms with Crippen molar-refractivity contribution in [3.05, 3.63) is 83.4 Å². The molecule has 0 unspecified atom stereocenters. The Bertz CT molecular complexity index is 1270. The minimum Gasteiger partial charge on any atom is -0.455 e. The van der Waals surface area contributed by atoms with Gasteiger partial charge in [-0.1, -0.05) is 48.0 Å². The SMILES string of the molecule is Cc1cc(C)c(S(=O)(=O)N2CCC[C@H](C(=O)Nc3ccccc3Oc3ccccc3)C2)c(C)c1. The van der Waals surface area contributed by atoms with E-state index in [0.29, 0.717) is 41.5 Å². The highest BCUT2D eigenvalue weighted by Gasteiger charge is 2.35. The van der Waals surface area contributed by atoms with Crippen LogP contribution in [-0.2, 0) is 14.8 Å². The average Bonchev–Trinajstić information content (AvgIpc) is 2.80. The zero-order valence-electron chi connectivity index (χ0n) is 19.7. The van der Waals surface area contributed by atoms with Gasteiger partial charge in [-0.2, -0.15) is 4.31 Å². The number of nitrogens with one attached hydrogen (secondary N) is 1. The van der Waals surface area contributed by atoms with Crippen LogP contribution in [0.4, 0.5) is 5.69 Å². The second kappa shape index (κ2) is 9.99. The van der Waals surface area contributed by atoms with E-state index < -0.39 is 15.9 Å². The largest absolute Gasteiger partial charge is 0.455 e. The minimum atomic E-state index is -3.70. The fourth-order valence-corrected chi connectivity index (χ4v) is 6.52. The minimum absolute atomic E-state index is 0.155. The molecule has 4 rings (SSSR count). The van der Waals surface area contributed by atoms with Crippen molar-refractivity contribution in [2.45, 2.75) is 38.5 Å². The van der Waals surface area contributed by atoms with Gasteiger partial charge in [-0.25, -0.2) is 8.42 Å². The van der Waals surface area contributed by atoms with Crippen molar-refractivity contribution in [3.63, 3.8) is 0 Å². The lowest BCUT2D eigenvalue weighted by atomic mass is 9.98. The predicted octanol–water partition coefficient (Wildman–Crippen LogP) is 5.44. The number of hydrogen-bond donors (Lipinski definition) is 1. The maximum absolute atomic E-state index is 13.5. The summed E-state index contributed by atoms with van der Waals surface area (Å²) in [5.74, 6) is 0.553. The molecule has 178 valence electrons. The van der Waals surface area contributed by atoms with Gasteiger partial charge in [0.2, 0.25) is 15.9 Å². The van der Waals surface area contributed by atoms with Crippen LogP contribution in [0.5, 0.6) is 11.5 Å². The lowest BCUT2D eigenvalue weighted by molar-refractivity contribution is -0.120. The van der Waals surface area contributed by atoms with Gasteiger partial charge in [0.15, 0.2) is 5.75 Å². The molecule has 34 heavy (non-hydrogen) atoms. The number of ether oxygens (including phenoxy) is 1. The van der Waals surface area contributed by atoms with Gasteiger partial charge >= 0.3 is 0 Å². The monoisotopic (exact) mass is 478 g/mol. The van der Waals surface area contributed by atoms with Gasteiger partial charge in [0, 0.05) is 13.1 Å². The molecule has 0 aromatic heterocycles. The predicted molar refractivity (Wildman–Crippen MR) is 134 cm³/mol. The maximum atomic E-state index is 13.5. The van der Waals surface area contributed by atoms with Gasteiger partial charge < -0.3 is 10.1 Å². The number of sulfonamides is 1. The molecule has 0 aliphatic carbocycles. The molecule has 3 aromatic rings. The van der Waals surface area contributed by atoms with Crippen LogP contribution in [0, 0.1) is 26.7 Å². The van der Waals surface area contributed by atoms with Gasteiger partial charge in [0.1, 0.15) is 5.75 Å². The van der Waals surface area contributed by atoms with Crippen LogP contribution in [0.15, 0.2) is 71.6 Å². The fourth-order valence-electron chi connectivity index (χ4n) is 4.59. The Morgan fingerprint density at radius 1 is 0.971 bits per heavy atom. The molecule has 1 atom stereocenters. The van der Waals surface area contributed by atoms with Gasteiger partial charge in [0.25, 0.3) is 0 Å². The highest BCUT2D eigenvalue weighted by Crippen LogP contribution is 2.32. The first-order valence-electron chi connectivity index (χ1n) is 11.5. The van der Waals surface area contributed by atoms with Crippen LogP contribution in [0.3, 0.4) is 0 Å². The molecule has 3 aromatic carbocycles. The van der Waals surface area contributed by atoms with E-state index in [0.717, 1.165) is 16.7 Å². The van der Waals surface area contributed by atoms with E-state index in [1.807, 2.05) is 75.4 Å². The van der Waals surface area contributed by atoms with E-state index in [-0.39, 0.29) is 12.5 Å². The molecule has 0 saturated carbocycles. The summed E-state index contributed by atoms with van der Waals surface area (Å²) in [6, 6.07) is 20.4. The van der Waals surface area contributed by atoms with Crippen molar-refractivity contribution in [3.8, 4) is 11.5 Å². The topological polar surface area (TPSA) is 75.7 Å². The first kappa shape index (κ1) is 24.0. The number of benzene rings is 3. The Morgan fingerprint density at radius 2 is 1.62 bits per heavy atom. The van der Waals surface area contributed by atoms with Crippen molar-refractivity contribution in [2.75, 3.05) is 18.4 Å². The number of piperidine rings is 1. The highest BCUT2D eigenvalue weighted by atomic mass is 32.2. The fraction of sp³-hybridized carbons (Fsp3) is 0.296. The Morgan fingerprint density at radius 3 is 2.32 bits per heavy atom. The molecule has 0 spiro atoms. The average molecular weight is 479 g/mol. The van der Waals surface area contributed by atoms with Crippen molar-refractivity contribution < 1.29 is 17.9 Å². The van der Waals surface area contributed by atoms with Crippen LogP contribution < -0.4 is 10.1 Å². The summed E-state index contributed by atoms with van der Waals surface area (Å²) in [6.45, 7) is 6.17. The molecule has 1 aliphatic rings. The Labute approximate surface area is 201 Å². The van der Waals surface area contributed by atoms with Crippen LogP contribution in [0.2, 0.25) is 0 Å². The number of carbonyl (C=O) groups is 1. The summed E-state index contributed by atoms with van der Waals surface area (Å²) in [5.41, 5.74) is 3.05. The zero-order chi connectivity index (χ0) is 24.3. The number of aryl methyl sites for hydroxylation is 3. The van der Waals surface area contributed by atoms with E-state index in [9.17, 15) is 13.2 Å². The normalized spacial score (nSPS) is 16.7. The lowest BCUT2D eigenvalue weighted by Gasteiger charge is -2.32. The molecular formula is C27H30N2O4S. The van der Waals surface area contributed by atoms with Crippen LogP contribution in [0.25, 0.3) is 0 Å². The molecule has 1 aliphatic heterocycles. The second-order valence-electron chi connectivity index (χ2n) is 8.83. The smallest absolute Gasteiger partial charge is 0.243 e. The number of hydrogen-bond acceptors (Lipinski definition) is 4. The summed E-state index contributed by atoms with van der Waals surface area (Å²) >= 11 is 0. The summed E-state index contributed by atoms with van der Waals surface area (Å²) < 4.78 is 34.4. The van der Waals surface area contributed by atoms with Gasteiger partial charge in [0.05, 0.1) is 16.5 Å². The van der Waals surface area contributed by atoms with E-state index in [4.69, 9.17) is 4.74 Å². The van der Waals surface area contributed by atoms with Gasteiger partial charge in [-0.3, -0.25) is 4.79 Å². The molecule has 1 saturated heterocycles. The molecule has 1 fully saturated rings. The number of para-hydroxylation sites is 3. The summed E-state index contributed by atoms with van der Waals surface area (Å²) in [4.78, 5) is 13.5. The van der Waals surface area contributed by atoms with Crippen LogP contribution >= 0.6 is 0 Å². The number of rotatable bonds is 6. The first-order chi connectivity index (χ1) is 16.3. The first-order valence-corrected chi connectivity index (χ1v) is 12.9. The Balaban J connectivity index is 1.51. The quantitative estimate of drug-likeness (QED) is 0.512. The lowest BCUT2D eigenvalue weighted by Crippen LogP contribution is -2.44. The van der Waals surface area contributed by atoms with E-state index in [1.165, 1.54) is 4.31 Å². The number of nitrogens with zero attached hydrogens (tertiary/aromatic N) is 1. The molecule has 0 bridgehead atoms. The molecule has 1 amide bonds. The van der Waals surface area contributed by atoms with E-state index >= 15 is 0 Å². The molecule has 6 nitrogen and oxygen atoms in total. The summed E-state index contributed by atoms with van der Waals surface area (Å²) in [5, 5.41) is 2.96. The number of amides is 1. The molecule has 0 radical (unpaired) electrons. The third-order valence-electron chi connectivity index (χ3n) is 6.07. The van der Waals surface area contributed by atoms with E-state index in [2.05, 4.69) is 5.32 Å².